The number of ether oxygens (including phenoxy) is 6. The molecular formula is C31H47N3O10. The number of anilines is 1. The summed E-state index contributed by atoms with van der Waals surface area (Å²) in [7, 11) is 0. The van der Waals surface area contributed by atoms with Crippen molar-refractivity contribution in [2.45, 2.75) is 51.5 Å². The second-order valence-electron chi connectivity index (χ2n) is 10.3. The molecule has 2 N–H and O–H groups in total. The highest BCUT2D eigenvalue weighted by atomic mass is 16.6. The van der Waals surface area contributed by atoms with E-state index in [1.54, 1.807) is 18.2 Å². The minimum Gasteiger partial charge on any atom is -0.382 e. The van der Waals surface area contributed by atoms with Crippen molar-refractivity contribution in [1.82, 2.24) is 10.2 Å². The first-order valence-corrected chi connectivity index (χ1v) is 15.6. The Balaban J connectivity index is 1.14. The fourth-order valence-corrected chi connectivity index (χ4v) is 4.75. The molecule has 1 saturated heterocycles. The first-order valence-electron chi connectivity index (χ1n) is 15.6. The molecule has 13 nitrogen and oxygen atoms in total. The molecule has 3 rings (SSSR count). The molecule has 1 aromatic rings. The lowest BCUT2D eigenvalue weighted by Crippen LogP contribution is -2.54. The van der Waals surface area contributed by atoms with Gasteiger partial charge in [0.15, 0.2) is 0 Å². The SMILES string of the molecule is CCCCCCOCCOCCOCCOCCOCCOCCNc1cccc2c1C(=O)N(C1CCC(=O)NC1=O)C2=O. The zero-order chi connectivity index (χ0) is 31.4. The Labute approximate surface area is 259 Å². The quantitative estimate of drug-likeness (QED) is 0.122. The maximum atomic E-state index is 13.1. The van der Waals surface area contributed by atoms with Gasteiger partial charge >= 0.3 is 0 Å². The second kappa shape index (κ2) is 20.9. The van der Waals surface area contributed by atoms with Crippen LogP contribution >= 0.6 is 0 Å². The van der Waals surface area contributed by atoms with Crippen LogP contribution in [0.5, 0.6) is 0 Å². The molecule has 1 aromatic carbocycles. The van der Waals surface area contributed by atoms with Crippen LogP contribution in [-0.4, -0.2) is 120 Å². The van der Waals surface area contributed by atoms with E-state index in [4.69, 9.17) is 28.4 Å². The predicted molar refractivity (Wildman–Crippen MR) is 161 cm³/mol. The smallest absolute Gasteiger partial charge is 0.264 e. The molecule has 1 atom stereocenters. The molecule has 0 aliphatic carbocycles. The highest BCUT2D eigenvalue weighted by Gasteiger charge is 2.45. The maximum absolute atomic E-state index is 13.1. The Morgan fingerprint density at radius 1 is 0.727 bits per heavy atom. The van der Waals surface area contributed by atoms with Crippen molar-refractivity contribution in [3.05, 3.63) is 29.3 Å². The number of imide groups is 2. The number of hydrogen-bond donors (Lipinski definition) is 2. The van der Waals surface area contributed by atoms with Crippen molar-refractivity contribution in [3.8, 4) is 0 Å². The summed E-state index contributed by atoms with van der Waals surface area (Å²) in [5.41, 5.74) is 0.937. The summed E-state index contributed by atoms with van der Waals surface area (Å²) >= 11 is 0. The number of carbonyl (C=O) groups is 4. The van der Waals surface area contributed by atoms with Crippen molar-refractivity contribution in [3.63, 3.8) is 0 Å². The van der Waals surface area contributed by atoms with E-state index in [1.165, 1.54) is 19.3 Å². The van der Waals surface area contributed by atoms with Gasteiger partial charge in [0.2, 0.25) is 11.8 Å². The van der Waals surface area contributed by atoms with Crippen LogP contribution in [0.25, 0.3) is 0 Å². The molecule has 0 spiro atoms. The Morgan fingerprint density at radius 2 is 1.30 bits per heavy atom. The van der Waals surface area contributed by atoms with E-state index in [-0.39, 0.29) is 24.0 Å². The number of rotatable bonds is 25. The van der Waals surface area contributed by atoms with Crippen LogP contribution in [0.1, 0.15) is 66.2 Å². The zero-order valence-corrected chi connectivity index (χ0v) is 25.8. The van der Waals surface area contributed by atoms with Crippen molar-refractivity contribution >= 4 is 29.3 Å². The third-order valence-electron chi connectivity index (χ3n) is 7.03. The predicted octanol–water partition coefficient (Wildman–Crippen LogP) is 2.18. The van der Waals surface area contributed by atoms with Gasteiger partial charge in [-0.15, -0.1) is 0 Å². The van der Waals surface area contributed by atoms with E-state index >= 15 is 0 Å². The fraction of sp³-hybridized carbons (Fsp3) is 0.677. The minimum atomic E-state index is -0.999. The minimum absolute atomic E-state index is 0.0741. The van der Waals surface area contributed by atoms with E-state index in [2.05, 4.69) is 17.6 Å². The number of nitrogens with one attached hydrogen (secondary N) is 2. The molecule has 0 saturated carbocycles. The first-order chi connectivity index (χ1) is 21.5. The van der Waals surface area contributed by atoms with Gasteiger partial charge in [0, 0.05) is 25.3 Å². The summed E-state index contributed by atoms with van der Waals surface area (Å²) in [4.78, 5) is 50.7. The normalized spacial score (nSPS) is 16.5. The van der Waals surface area contributed by atoms with Crippen LogP contribution in [0.2, 0.25) is 0 Å². The molecule has 2 aliphatic heterocycles. The average Bonchev–Trinajstić information content (AvgIpc) is 3.27. The molecule has 4 amide bonds. The van der Waals surface area contributed by atoms with Crippen LogP contribution in [0.4, 0.5) is 5.69 Å². The monoisotopic (exact) mass is 621 g/mol. The summed E-state index contributed by atoms with van der Waals surface area (Å²) in [6.07, 6.45) is 5.01. The van der Waals surface area contributed by atoms with Crippen molar-refractivity contribution in [2.24, 2.45) is 0 Å². The molecular weight excluding hydrogens is 574 g/mol. The molecule has 2 heterocycles. The maximum Gasteiger partial charge on any atom is 0.264 e. The second-order valence-corrected chi connectivity index (χ2v) is 10.3. The number of carbonyl (C=O) groups excluding carboxylic acids is 4. The summed E-state index contributed by atoms with van der Waals surface area (Å²) in [5, 5.41) is 5.33. The van der Waals surface area contributed by atoms with Crippen molar-refractivity contribution < 1.29 is 47.6 Å². The molecule has 0 radical (unpaired) electrons. The van der Waals surface area contributed by atoms with Crippen LogP contribution in [0.15, 0.2) is 18.2 Å². The fourth-order valence-electron chi connectivity index (χ4n) is 4.75. The van der Waals surface area contributed by atoms with Gasteiger partial charge in [-0.1, -0.05) is 32.3 Å². The number of fused-ring (bicyclic) bond motifs is 1. The van der Waals surface area contributed by atoms with E-state index in [0.717, 1.165) is 17.9 Å². The molecule has 246 valence electrons. The third-order valence-corrected chi connectivity index (χ3v) is 7.03. The van der Waals surface area contributed by atoms with Gasteiger partial charge in [0.1, 0.15) is 6.04 Å². The van der Waals surface area contributed by atoms with Gasteiger partial charge in [0.25, 0.3) is 11.8 Å². The van der Waals surface area contributed by atoms with E-state index in [9.17, 15) is 19.2 Å². The Kier molecular flexibility index (Phi) is 16.9. The van der Waals surface area contributed by atoms with E-state index in [1.807, 2.05) is 0 Å². The Morgan fingerprint density at radius 3 is 1.86 bits per heavy atom. The van der Waals surface area contributed by atoms with E-state index < -0.39 is 29.7 Å². The highest BCUT2D eigenvalue weighted by Crippen LogP contribution is 2.32. The van der Waals surface area contributed by atoms with Crippen molar-refractivity contribution in [2.75, 3.05) is 91.1 Å². The van der Waals surface area contributed by atoms with Crippen LogP contribution in [-0.2, 0) is 38.0 Å². The average molecular weight is 622 g/mol. The van der Waals surface area contributed by atoms with Gasteiger partial charge in [-0.05, 0) is 25.0 Å². The number of hydrogen-bond acceptors (Lipinski definition) is 11. The molecule has 1 fully saturated rings. The summed E-state index contributed by atoms with van der Waals surface area (Å²) in [5.74, 6) is -2.14. The van der Waals surface area contributed by atoms with Crippen LogP contribution in [0.3, 0.4) is 0 Å². The lowest BCUT2D eigenvalue weighted by Gasteiger charge is -2.27. The number of unbranched alkanes of at least 4 members (excludes halogenated alkanes) is 3. The Hall–Kier alpha value is -2.94. The van der Waals surface area contributed by atoms with Gasteiger partial charge in [-0.3, -0.25) is 29.4 Å². The molecule has 1 unspecified atom stereocenters. The molecule has 44 heavy (non-hydrogen) atoms. The summed E-state index contributed by atoms with van der Waals surface area (Å²) < 4.78 is 33.0. The number of amides is 4. The Bertz CT molecular complexity index is 1050. The lowest BCUT2D eigenvalue weighted by atomic mass is 10.0. The molecule has 13 heteroatoms. The largest absolute Gasteiger partial charge is 0.382 e. The highest BCUT2D eigenvalue weighted by molar-refractivity contribution is 6.25. The number of piperidine rings is 1. The molecule has 0 aromatic heterocycles. The van der Waals surface area contributed by atoms with E-state index in [0.29, 0.717) is 84.9 Å². The van der Waals surface area contributed by atoms with Crippen molar-refractivity contribution in [1.29, 1.82) is 0 Å². The van der Waals surface area contributed by atoms with Gasteiger partial charge in [-0.2, -0.15) is 0 Å². The molecule has 2 aliphatic rings. The van der Waals surface area contributed by atoms with Gasteiger partial charge in [-0.25, -0.2) is 0 Å². The topological polar surface area (TPSA) is 151 Å². The summed E-state index contributed by atoms with van der Waals surface area (Å²) in [6, 6.07) is 3.93. The lowest BCUT2D eigenvalue weighted by molar-refractivity contribution is -0.136. The van der Waals surface area contributed by atoms with Crippen LogP contribution in [0, 0.1) is 0 Å². The zero-order valence-electron chi connectivity index (χ0n) is 25.8. The first kappa shape index (κ1) is 35.5. The standard InChI is InChI=1S/C31H47N3O10/c1-2-3-4-5-12-39-14-16-41-18-20-43-22-23-44-21-19-42-17-15-40-13-11-32-25-8-6-7-24-28(25)31(38)34(30(24)37)26-9-10-27(35)33-29(26)36/h6-8,26,32H,2-5,9-23H2,1H3,(H,33,35,36). The number of nitrogens with zero attached hydrogens (tertiary/aromatic N) is 1. The third kappa shape index (κ3) is 11.9. The molecule has 0 bridgehead atoms. The van der Waals surface area contributed by atoms with Gasteiger partial charge < -0.3 is 33.7 Å². The van der Waals surface area contributed by atoms with Crippen LogP contribution < -0.4 is 10.6 Å². The number of benzene rings is 1. The van der Waals surface area contributed by atoms with Gasteiger partial charge in [0.05, 0.1) is 83.8 Å². The summed E-state index contributed by atoms with van der Waals surface area (Å²) in [6.45, 7) is 8.68.